The lowest BCUT2D eigenvalue weighted by molar-refractivity contribution is 0.242. The molecule has 0 radical (unpaired) electrons. The Bertz CT molecular complexity index is 593. The van der Waals surface area contributed by atoms with Crippen LogP contribution in [-0.4, -0.2) is 31.9 Å². The van der Waals surface area contributed by atoms with Crippen molar-refractivity contribution in [3.8, 4) is 5.75 Å². The van der Waals surface area contributed by atoms with Gasteiger partial charge >= 0.3 is 0 Å². The van der Waals surface area contributed by atoms with Gasteiger partial charge < -0.3 is 4.74 Å². The van der Waals surface area contributed by atoms with Gasteiger partial charge in [0.25, 0.3) is 0 Å². The molecular weight excluding hydrogens is 310 g/mol. The third kappa shape index (κ3) is 3.90. The van der Waals surface area contributed by atoms with Crippen molar-refractivity contribution in [2.24, 2.45) is 5.92 Å². The van der Waals surface area contributed by atoms with Crippen LogP contribution in [-0.2, 0) is 10.0 Å². The topological polar surface area (TPSA) is 46.6 Å². The lowest BCUT2D eigenvalue weighted by Crippen LogP contribution is -2.37. The van der Waals surface area contributed by atoms with E-state index in [2.05, 4.69) is 6.92 Å². The molecule has 0 saturated carbocycles. The molecule has 0 amide bonds. The van der Waals surface area contributed by atoms with E-state index in [0.29, 0.717) is 29.8 Å². The van der Waals surface area contributed by atoms with Crippen LogP contribution in [0.25, 0.3) is 0 Å². The van der Waals surface area contributed by atoms with Crippen LogP contribution in [0.15, 0.2) is 23.1 Å². The first-order valence-electron chi connectivity index (χ1n) is 7.27. The standard InChI is InChI=1S/C15H22ClNO3S/c1-11(2)20-15-5-4-13(10-14(15)16)21(18,19)17-8-6-12(3)7-9-17/h4-5,10-12H,6-9H2,1-3H3. The number of piperidine rings is 1. The number of sulfonamides is 1. The van der Waals surface area contributed by atoms with Gasteiger partial charge in [-0.2, -0.15) is 4.31 Å². The monoisotopic (exact) mass is 331 g/mol. The molecule has 1 aromatic carbocycles. The van der Waals surface area contributed by atoms with E-state index in [0.717, 1.165) is 12.8 Å². The molecule has 0 atom stereocenters. The Morgan fingerprint density at radius 3 is 2.43 bits per heavy atom. The summed E-state index contributed by atoms with van der Waals surface area (Å²) in [4.78, 5) is 0.234. The van der Waals surface area contributed by atoms with Crippen molar-refractivity contribution in [3.05, 3.63) is 23.2 Å². The minimum Gasteiger partial charge on any atom is -0.489 e. The highest BCUT2D eigenvalue weighted by molar-refractivity contribution is 7.89. The van der Waals surface area contributed by atoms with E-state index < -0.39 is 10.0 Å². The van der Waals surface area contributed by atoms with Crippen molar-refractivity contribution in [1.29, 1.82) is 0 Å². The predicted octanol–water partition coefficient (Wildman–Crippen LogP) is 3.55. The second-order valence-corrected chi connectivity index (χ2v) is 8.19. The number of hydrogen-bond acceptors (Lipinski definition) is 3. The quantitative estimate of drug-likeness (QED) is 0.847. The van der Waals surface area contributed by atoms with Gasteiger partial charge in [0.15, 0.2) is 0 Å². The fourth-order valence-corrected chi connectivity index (χ4v) is 4.15. The highest BCUT2D eigenvalue weighted by Crippen LogP contribution is 2.30. The molecule has 1 aromatic rings. The van der Waals surface area contributed by atoms with Gasteiger partial charge in [-0.25, -0.2) is 8.42 Å². The molecule has 4 nitrogen and oxygen atoms in total. The molecule has 0 aliphatic carbocycles. The normalized spacial score (nSPS) is 18.1. The second-order valence-electron chi connectivity index (χ2n) is 5.85. The van der Waals surface area contributed by atoms with Crippen molar-refractivity contribution < 1.29 is 13.2 Å². The zero-order valence-electron chi connectivity index (χ0n) is 12.7. The zero-order valence-corrected chi connectivity index (χ0v) is 14.2. The van der Waals surface area contributed by atoms with Gasteiger partial charge in [0.1, 0.15) is 5.75 Å². The maximum absolute atomic E-state index is 12.6. The Hall–Kier alpha value is -0.780. The lowest BCUT2D eigenvalue weighted by atomic mass is 10.0. The average molecular weight is 332 g/mol. The van der Waals surface area contributed by atoms with Crippen molar-refractivity contribution in [1.82, 2.24) is 4.31 Å². The molecule has 1 aliphatic heterocycles. The number of halogens is 1. The van der Waals surface area contributed by atoms with Crippen molar-refractivity contribution in [2.45, 2.75) is 44.6 Å². The van der Waals surface area contributed by atoms with Crippen LogP contribution in [0.5, 0.6) is 5.75 Å². The van der Waals surface area contributed by atoms with E-state index in [9.17, 15) is 8.42 Å². The van der Waals surface area contributed by atoms with Crippen LogP contribution in [0.2, 0.25) is 5.02 Å². The Kier molecular flexibility index (Phi) is 5.17. The Morgan fingerprint density at radius 1 is 1.29 bits per heavy atom. The van der Waals surface area contributed by atoms with E-state index in [4.69, 9.17) is 16.3 Å². The van der Waals surface area contributed by atoms with Crippen LogP contribution in [0.3, 0.4) is 0 Å². The highest BCUT2D eigenvalue weighted by atomic mass is 35.5. The summed E-state index contributed by atoms with van der Waals surface area (Å²) in [6.07, 6.45) is 1.80. The van der Waals surface area contributed by atoms with Gasteiger partial charge in [0.05, 0.1) is 16.0 Å². The minimum absolute atomic E-state index is 0.00598. The maximum Gasteiger partial charge on any atom is 0.243 e. The summed E-state index contributed by atoms with van der Waals surface area (Å²) < 4.78 is 32.3. The molecule has 0 spiro atoms. The van der Waals surface area contributed by atoms with Crippen LogP contribution < -0.4 is 4.74 Å². The summed E-state index contributed by atoms with van der Waals surface area (Å²) in [5, 5.41) is 0.329. The van der Waals surface area contributed by atoms with Crippen LogP contribution in [0, 0.1) is 5.92 Å². The van der Waals surface area contributed by atoms with E-state index >= 15 is 0 Å². The summed E-state index contributed by atoms with van der Waals surface area (Å²) >= 11 is 6.13. The zero-order chi connectivity index (χ0) is 15.6. The van der Waals surface area contributed by atoms with E-state index in [-0.39, 0.29) is 11.0 Å². The van der Waals surface area contributed by atoms with Gasteiger partial charge in [0.2, 0.25) is 10.0 Å². The molecule has 1 aliphatic rings. The summed E-state index contributed by atoms with van der Waals surface area (Å²) in [5.41, 5.74) is 0. The fourth-order valence-electron chi connectivity index (χ4n) is 2.37. The molecule has 2 rings (SSSR count). The molecule has 0 N–H and O–H groups in total. The van der Waals surface area contributed by atoms with Crippen LogP contribution >= 0.6 is 11.6 Å². The van der Waals surface area contributed by atoms with Crippen molar-refractivity contribution in [3.63, 3.8) is 0 Å². The van der Waals surface area contributed by atoms with E-state index in [1.54, 1.807) is 16.4 Å². The first-order valence-corrected chi connectivity index (χ1v) is 9.09. The predicted molar refractivity (Wildman–Crippen MR) is 84.4 cm³/mol. The first kappa shape index (κ1) is 16.6. The maximum atomic E-state index is 12.6. The molecule has 1 heterocycles. The number of ether oxygens (including phenoxy) is 1. The number of benzene rings is 1. The molecule has 118 valence electrons. The molecular formula is C15H22ClNO3S. The first-order chi connectivity index (χ1) is 9.80. The van der Waals surface area contributed by atoms with Gasteiger partial charge in [0, 0.05) is 13.1 Å². The summed E-state index contributed by atoms with van der Waals surface area (Å²) in [6.45, 7) is 7.10. The summed E-state index contributed by atoms with van der Waals surface area (Å²) in [5.74, 6) is 1.10. The van der Waals surface area contributed by atoms with E-state index in [1.165, 1.54) is 6.07 Å². The molecule has 1 saturated heterocycles. The van der Waals surface area contributed by atoms with Crippen molar-refractivity contribution >= 4 is 21.6 Å². The molecule has 0 unspecified atom stereocenters. The van der Waals surface area contributed by atoms with Gasteiger partial charge in [-0.05, 0) is 50.8 Å². The largest absolute Gasteiger partial charge is 0.489 e. The summed E-state index contributed by atoms with van der Waals surface area (Å²) in [6, 6.07) is 4.67. The highest BCUT2D eigenvalue weighted by Gasteiger charge is 2.28. The van der Waals surface area contributed by atoms with Crippen LogP contribution in [0.4, 0.5) is 0 Å². The Balaban J connectivity index is 2.22. The fraction of sp³-hybridized carbons (Fsp3) is 0.600. The smallest absolute Gasteiger partial charge is 0.243 e. The lowest BCUT2D eigenvalue weighted by Gasteiger charge is -2.29. The van der Waals surface area contributed by atoms with E-state index in [1.807, 2.05) is 13.8 Å². The summed E-state index contributed by atoms with van der Waals surface area (Å²) in [7, 11) is -3.46. The molecule has 6 heteroatoms. The molecule has 1 fully saturated rings. The number of rotatable bonds is 4. The van der Waals surface area contributed by atoms with Gasteiger partial charge in [-0.1, -0.05) is 18.5 Å². The van der Waals surface area contributed by atoms with Gasteiger partial charge in [-0.15, -0.1) is 0 Å². The van der Waals surface area contributed by atoms with Crippen molar-refractivity contribution in [2.75, 3.05) is 13.1 Å². The minimum atomic E-state index is -3.46. The number of hydrogen-bond donors (Lipinski definition) is 0. The second kappa shape index (κ2) is 6.55. The third-order valence-electron chi connectivity index (χ3n) is 3.65. The third-order valence-corrected chi connectivity index (χ3v) is 5.84. The molecule has 0 bridgehead atoms. The Labute approximate surface area is 132 Å². The number of nitrogens with zero attached hydrogens (tertiary/aromatic N) is 1. The van der Waals surface area contributed by atoms with Crippen LogP contribution in [0.1, 0.15) is 33.6 Å². The Morgan fingerprint density at radius 2 is 1.90 bits per heavy atom. The molecule has 21 heavy (non-hydrogen) atoms. The average Bonchev–Trinajstić information content (AvgIpc) is 2.41. The van der Waals surface area contributed by atoms with Gasteiger partial charge in [-0.3, -0.25) is 0 Å². The SMILES string of the molecule is CC1CCN(S(=O)(=O)c2ccc(OC(C)C)c(Cl)c2)CC1. The molecule has 0 aromatic heterocycles.